The Morgan fingerprint density at radius 3 is 2.40 bits per heavy atom. The second kappa shape index (κ2) is 9.38. The number of aliphatic hydroxyl groups excluding tert-OH is 1. The lowest BCUT2D eigenvalue weighted by atomic mass is 10.0. The minimum atomic E-state index is -0.270. The second-order valence-corrected chi connectivity index (χ2v) is 9.01. The molecule has 1 aromatic carbocycles. The van der Waals surface area contributed by atoms with Gasteiger partial charge >= 0.3 is 0 Å². The lowest BCUT2D eigenvalue weighted by Gasteiger charge is -2.19. The molecule has 8 nitrogen and oxygen atoms in total. The Morgan fingerprint density at radius 1 is 1.06 bits per heavy atom. The summed E-state index contributed by atoms with van der Waals surface area (Å²) in [6, 6.07) is 11.5. The first-order valence-electron chi connectivity index (χ1n) is 11.8. The van der Waals surface area contributed by atoms with E-state index in [1.165, 1.54) is 6.92 Å². The fraction of sp³-hybridized carbons (Fsp3) is 0.296. The summed E-state index contributed by atoms with van der Waals surface area (Å²) < 4.78 is 1.70. The maximum atomic E-state index is 13.3. The number of aliphatic hydroxyl groups is 1. The van der Waals surface area contributed by atoms with E-state index in [0.717, 1.165) is 42.4 Å². The maximum absolute atomic E-state index is 13.3. The van der Waals surface area contributed by atoms with E-state index < -0.39 is 0 Å². The highest BCUT2D eigenvalue weighted by Crippen LogP contribution is 2.32. The lowest BCUT2D eigenvalue weighted by Crippen LogP contribution is -2.30. The molecule has 1 aliphatic rings. The molecule has 0 aliphatic heterocycles. The van der Waals surface area contributed by atoms with E-state index in [2.05, 4.69) is 15.3 Å². The Kier molecular flexibility index (Phi) is 6.13. The number of nitrogens with zero attached hydrogens (tertiary/aromatic N) is 4. The molecule has 0 spiro atoms. The number of Topliss-reactive ketones (excluding diaryl/α,β-unsaturated/α-hetero) is 1. The summed E-state index contributed by atoms with van der Waals surface area (Å²) in [5.41, 5.74) is 3.92. The number of rotatable bonds is 6. The summed E-state index contributed by atoms with van der Waals surface area (Å²) in [5.74, 6) is 0.678. The zero-order valence-electron chi connectivity index (χ0n) is 19.8. The van der Waals surface area contributed by atoms with Crippen molar-refractivity contribution in [1.82, 2.24) is 19.5 Å². The molecule has 1 saturated carbocycles. The molecule has 0 amide bonds. The number of carbonyl (C=O) groups excluding carboxylic acids is 1. The molecule has 8 heteroatoms. The Morgan fingerprint density at radius 2 is 1.77 bits per heavy atom. The smallest absolute Gasteiger partial charge is 0.263 e. The largest absolute Gasteiger partial charge is 0.392 e. The number of anilines is 2. The number of nitrogens with one attached hydrogen (secondary N) is 1. The van der Waals surface area contributed by atoms with Crippen LogP contribution in [0, 0.1) is 6.92 Å². The number of hydrogen-bond donors (Lipinski definition) is 2. The van der Waals surface area contributed by atoms with Crippen molar-refractivity contribution in [2.24, 2.45) is 0 Å². The minimum absolute atomic E-state index is 0.0112. The average molecular weight is 470 g/mol. The predicted molar refractivity (Wildman–Crippen MR) is 135 cm³/mol. The van der Waals surface area contributed by atoms with Gasteiger partial charge in [0.05, 0.1) is 12.2 Å². The minimum Gasteiger partial charge on any atom is -0.392 e. The molecule has 2 N–H and O–H groups in total. The summed E-state index contributed by atoms with van der Waals surface area (Å²) >= 11 is 0. The van der Waals surface area contributed by atoms with Gasteiger partial charge in [0.1, 0.15) is 11.5 Å². The van der Waals surface area contributed by atoms with Crippen LogP contribution in [0.5, 0.6) is 0 Å². The van der Waals surface area contributed by atoms with Crippen LogP contribution in [0.4, 0.5) is 11.8 Å². The molecule has 0 atom stereocenters. The monoisotopic (exact) mass is 469 g/mol. The third-order valence-electron chi connectivity index (χ3n) is 6.72. The SMILES string of the molecule is CC(=O)c1c(C)c2cnc(Nc3ccc(-c4ccc(CO)cc4)cn3)nc2n(C2CCCC2)c1=O. The van der Waals surface area contributed by atoms with Gasteiger partial charge in [0, 0.05) is 29.4 Å². The van der Waals surface area contributed by atoms with Crippen LogP contribution in [0.2, 0.25) is 0 Å². The van der Waals surface area contributed by atoms with Gasteiger partial charge in [-0.1, -0.05) is 37.1 Å². The highest BCUT2D eigenvalue weighted by atomic mass is 16.3. The number of aryl methyl sites for hydroxylation is 1. The van der Waals surface area contributed by atoms with E-state index in [1.807, 2.05) is 36.4 Å². The summed E-state index contributed by atoms with van der Waals surface area (Å²) in [6.07, 6.45) is 7.33. The average Bonchev–Trinajstić information content (AvgIpc) is 3.39. The van der Waals surface area contributed by atoms with Crippen molar-refractivity contribution in [3.63, 3.8) is 0 Å². The van der Waals surface area contributed by atoms with Gasteiger partial charge in [0.25, 0.3) is 5.56 Å². The van der Waals surface area contributed by atoms with Gasteiger partial charge in [-0.05, 0) is 55.5 Å². The van der Waals surface area contributed by atoms with Crippen LogP contribution >= 0.6 is 0 Å². The predicted octanol–water partition coefficient (Wildman–Crippen LogP) is 4.72. The number of pyridine rings is 2. The van der Waals surface area contributed by atoms with Crippen molar-refractivity contribution in [3.8, 4) is 11.1 Å². The Bertz CT molecular complexity index is 1450. The standard InChI is InChI=1S/C27H27N5O3/c1-16-22-14-29-27(30-23-12-11-20(13-28-23)19-9-7-18(15-33)8-10-19)31-25(22)32(21-5-3-4-6-21)26(35)24(16)17(2)34/h7-14,21,33H,3-6,15H2,1-2H3,(H,28,29,30,31). The van der Waals surface area contributed by atoms with Crippen molar-refractivity contribution in [3.05, 3.63) is 75.8 Å². The van der Waals surface area contributed by atoms with Crippen molar-refractivity contribution in [1.29, 1.82) is 0 Å². The molecule has 1 fully saturated rings. The molecule has 0 saturated heterocycles. The topological polar surface area (TPSA) is 110 Å². The molecule has 0 radical (unpaired) electrons. The van der Waals surface area contributed by atoms with E-state index in [0.29, 0.717) is 28.4 Å². The summed E-state index contributed by atoms with van der Waals surface area (Å²) in [5, 5.41) is 13.1. The van der Waals surface area contributed by atoms with E-state index in [-0.39, 0.29) is 29.6 Å². The molecule has 3 heterocycles. The summed E-state index contributed by atoms with van der Waals surface area (Å²) in [6.45, 7) is 3.22. The molecule has 5 rings (SSSR count). The number of ketones is 1. The van der Waals surface area contributed by atoms with E-state index >= 15 is 0 Å². The number of carbonyl (C=O) groups is 1. The van der Waals surface area contributed by atoms with Gasteiger partial charge < -0.3 is 10.4 Å². The zero-order chi connectivity index (χ0) is 24.5. The number of fused-ring (bicyclic) bond motifs is 1. The Labute approximate surface area is 202 Å². The third-order valence-corrected chi connectivity index (χ3v) is 6.72. The highest BCUT2D eigenvalue weighted by Gasteiger charge is 2.25. The van der Waals surface area contributed by atoms with Gasteiger partial charge in [0.15, 0.2) is 5.78 Å². The molecule has 35 heavy (non-hydrogen) atoms. The first kappa shape index (κ1) is 22.9. The van der Waals surface area contributed by atoms with Gasteiger partial charge in [-0.15, -0.1) is 0 Å². The molecular weight excluding hydrogens is 442 g/mol. The van der Waals surface area contributed by atoms with Crippen LogP contribution in [0.1, 0.15) is 60.1 Å². The normalized spacial score (nSPS) is 13.9. The van der Waals surface area contributed by atoms with Crippen LogP contribution in [0.3, 0.4) is 0 Å². The zero-order valence-corrected chi connectivity index (χ0v) is 19.8. The van der Waals surface area contributed by atoms with E-state index in [4.69, 9.17) is 4.98 Å². The van der Waals surface area contributed by atoms with Gasteiger partial charge in [-0.3, -0.25) is 14.2 Å². The molecular formula is C27H27N5O3. The van der Waals surface area contributed by atoms with Crippen LogP contribution in [0.15, 0.2) is 53.6 Å². The fourth-order valence-electron chi connectivity index (χ4n) is 4.86. The summed E-state index contributed by atoms with van der Waals surface area (Å²) in [7, 11) is 0. The highest BCUT2D eigenvalue weighted by molar-refractivity contribution is 5.99. The third kappa shape index (κ3) is 4.33. The molecule has 178 valence electrons. The molecule has 0 bridgehead atoms. The second-order valence-electron chi connectivity index (χ2n) is 9.01. The van der Waals surface area contributed by atoms with E-state index in [9.17, 15) is 14.7 Å². The van der Waals surface area contributed by atoms with Crippen LogP contribution in [0.25, 0.3) is 22.2 Å². The van der Waals surface area contributed by atoms with Crippen molar-refractivity contribution < 1.29 is 9.90 Å². The number of benzene rings is 1. The lowest BCUT2D eigenvalue weighted by molar-refractivity contribution is 0.101. The van der Waals surface area contributed by atoms with Crippen LogP contribution in [-0.2, 0) is 6.61 Å². The van der Waals surface area contributed by atoms with Gasteiger partial charge in [-0.2, -0.15) is 4.98 Å². The van der Waals surface area contributed by atoms with Crippen molar-refractivity contribution in [2.75, 3.05) is 5.32 Å². The Balaban J connectivity index is 1.50. The van der Waals surface area contributed by atoms with Crippen molar-refractivity contribution in [2.45, 2.75) is 52.2 Å². The summed E-state index contributed by atoms with van der Waals surface area (Å²) in [4.78, 5) is 39.3. The molecule has 3 aromatic heterocycles. The maximum Gasteiger partial charge on any atom is 0.263 e. The molecule has 1 aliphatic carbocycles. The Hall–Kier alpha value is -3.91. The molecule has 4 aromatic rings. The van der Waals surface area contributed by atoms with Crippen LogP contribution < -0.4 is 10.9 Å². The quantitative estimate of drug-likeness (QED) is 0.393. The van der Waals surface area contributed by atoms with Crippen LogP contribution in [-0.4, -0.2) is 30.4 Å². The number of hydrogen-bond acceptors (Lipinski definition) is 7. The first-order valence-corrected chi connectivity index (χ1v) is 11.8. The van der Waals surface area contributed by atoms with E-state index in [1.54, 1.807) is 23.9 Å². The first-order chi connectivity index (χ1) is 17.0. The van der Waals surface area contributed by atoms with Gasteiger partial charge in [0.2, 0.25) is 5.95 Å². The number of aromatic nitrogens is 4. The fourth-order valence-corrected chi connectivity index (χ4v) is 4.86. The van der Waals surface area contributed by atoms with Gasteiger partial charge in [-0.25, -0.2) is 9.97 Å². The van der Waals surface area contributed by atoms with Crippen molar-refractivity contribution >= 4 is 28.6 Å². The molecule has 0 unspecified atom stereocenters.